The van der Waals surface area contributed by atoms with Gasteiger partial charge in [-0.2, -0.15) is 0 Å². The number of carboxylic acids is 1. The molecule has 0 aromatic heterocycles. The second-order valence-electron chi connectivity index (χ2n) is 6.95. The highest BCUT2D eigenvalue weighted by atomic mass is 16.5. The first kappa shape index (κ1) is 22.8. The molecule has 4 N–H and O–H groups in total. The molecular weight excluding hydrogens is 336 g/mol. The Morgan fingerprint density at radius 2 is 2.00 bits per heavy atom. The molecule has 0 aromatic rings. The van der Waals surface area contributed by atoms with Crippen LogP contribution in [0.3, 0.4) is 0 Å². The van der Waals surface area contributed by atoms with Crippen LogP contribution in [0.25, 0.3) is 0 Å². The van der Waals surface area contributed by atoms with Crippen LogP contribution in [0.15, 0.2) is 24.3 Å². The molecule has 150 valence electrons. The van der Waals surface area contributed by atoms with Gasteiger partial charge in [-0.1, -0.05) is 44.1 Å². The Morgan fingerprint density at radius 1 is 1.23 bits per heavy atom. The first-order chi connectivity index (χ1) is 12.4. The molecule has 26 heavy (non-hydrogen) atoms. The number of ether oxygens (including phenoxy) is 1. The molecule has 0 saturated carbocycles. The van der Waals surface area contributed by atoms with E-state index in [0.717, 1.165) is 12.8 Å². The van der Waals surface area contributed by atoms with Crippen LogP contribution in [-0.4, -0.2) is 56.9 Å². The van der Waals surface area contributed by atoms with E-state index in [9.17, 15) is 20.1 Å². The molecule has 1 heterocycles. The third kappa shape index (κ3) is 9.48. The van der Waals surface area contributed by atoms with Crippen LogP contribution in [0.1, 0.15) is 64.7 Å². The van der Waals surface area contributed by atoms with Crippen molar-refractivity contribution in [1.82, 2.24) is 0 Å². The second-order valence-corrected chi connectivity index (χ2v) is 6.95. The average Bonchev–Trinajstić information content (AvgIpc) is 2.96. The largest absolute Gasteiger partial charge is 0.481 e. The van der Waals surface area contributed by atoms with Gasteiger partial charge in [0.05, 0.1) is 24.4 Å². The molecule has 0 radical (unpaired) electrons. The van der Waals surface area contributed by atoms with Crippen LogP contribution in [0.5, 0.6) is 0 Å². The summed E-state index contributed by atoms with van der Waals surface area (Å²) in [5, 5.41) is 38.7. The van der Waals surface area contributed by atoms with Gasteiger partial charge in [0.15, 0.2) is 0 Å². The highest BCUT2D eigenvalue weighted by Crippen LogP contribution is 2.25. The van der Waals surface area contributed by atoms with Gasteiger partial charge >= 0.3 is 5.97 Å². The smallest absolute Gasteiger partial charge is 0.303 e. The fourth-order valence-electron chi connectivity index (χ4n) is 2.96. The second kappa shape index (κ2) is 13.0. The number of aliphatic hydroxyl groups is 3. The highest BCUT2D eigenvalue weighted by Gasteiger charge is 2.35. The third-order valence-corrected chi connectivity index (χ3v) is 4.55. The molecule has 0 spiro atoms. The Bertz CT molecular complexity index is 448. The third-order valence-electron chi connectivity index (χ3n) is 4.55. The lowest BCUT2D eigenvalue weighted by atomic mass is 10.0. The van der Waals surface area contributed by atoms with E-state index in [4.69, 9.17) is 9.84 Å². The first-order valence-corrected chi connectivity index (χ1v) is 9.68. The molecular formula is C20H34O6. The van der Waals surface area contributed by atoms with Gasteiger partial charge in [0, 0.05) is 12.8 Å². The lowest BCUT2D eigenvalue weighted by molar-refractivity contribution is -0.137. The Kier molecular flexibility index (Phi) is 11.4. The molecule has 5 atom stereocenters. The van der Waals surface area contributed by atoms with Crippen molar-refractivity contribution in [3.05, 3.63) is 24.3 Å². The van der Waals surface area contributed by atoms with Gasteiger partial charge in [-0.15, -0.1) is 0 Å². The number of carboxylic acid groups (broad SMARTS) is 1. The Hall–Kier alpha value is -1.21. The van der Waals surface area contributed by atoms with Gasteiger partial charge in [-0.25, -0.2) is 0 Å². The van der Waals surface area contributed by atoms with Crippen LogP contribution in [0.2, 0.25) is 0 Å². The van der Waals surface area contributed by atoms with Crippen molar-refractivity contribution in [2.75, 3.05) is 0 Å². The number of unbranched alkanes of at least 4 members (excludes halogenated alkanes) is 3. The Morgan fingerprint density at radius 3 is 2.69 bits per heavy atom. The van der Waals surface area contributed by atoms with Crippen molar-refractivity contribution in [2.24, 2.45) is 0 Å². The predicted octanol–water partition coefficient (Wildman–Crippen LogP) is 2.56. The van der Waals surface area contributed by atoms with Crippen LogP contribution in [0.4, 0.5) is 0 Å². The molecule has 1 aliphatic heterocycles. The van der Waals surface area contributed by atoms with Crippen LogP contribution >= 0.6 is 0 Å². The van der Waals surface area contributed by atoms with Crippen LogP contribution in [0, 0.1) is 0 Å². The quantitative estimate of drug-likeness (QED) is 0.293. The zero-order valence-corrected chi connectivity index (χ0v) is 15.7. The molecule has 6 nitrogen and oxygen atoms in total. The number of aliphatic hydroxyl groups excluding tert-OH is 3. The molecule has 0 amide bonds. The maximum absolute atomic E-state index is 10.5. The molecule has 0 bridgehead atoms. The summed E-state index contributed by atoms with van der Waals surface area (Å²) in [6, 6.07) is 0. The molecule has 1 saturated heterocycles. The number of aliphatic carboxylic acids is 1. The summed E-state index contributed by atoms with van der Waals surface area (Å²) in [4.78, 5) is 10.5. The highest BCUT2D eigenvalue weighted by molar-refractivity contribution is 5.66. The number of carbonyl (C=O) groups is 1. The number of rotatable bonds is 13. The van der Waals surface area contributed by atoms with Crippen molar-refractivity contribution in [3.8, 4) is 0 Å². The Labute approximate surface area is 156 Å². The molecule has 1 fully saturated rings. The average molecular weight is 370 g/mol. The van der Waals surface area contributed by atoms with Gasteiger partial charge in [0.25, 0.3) is 0 Å². The summed E-state index contributed by atoms with van der Waals surface area (Å²) in [5.41, 5.74) is 0. The fraction of sp³-hybridized carbons (Fsp3) is 0.750. The van der Waals surface area contributed by atoms with Gasteiger partial charge < -0.3 is 25.2 Å². The summed E-state index contributed by atoms with van der Waals surface area (Å²) in [5.74, 6) is -0.882. The maximum atomic E-state index is 10.5. The van der Waals surface area contributed by atoms with E-state index < -0.39 is 36.5 Å². The van der Waals surface area contributed by atoms with Crippen LogP contribution in [-0.2, 0) is 9.53 Å². The van der Waals surface area contributed by atoms with E-state index in [1.165, 1.54) is 18.9 Å². The summed E-state index contributed by atoms with van der Waals surface area (Å²) in [6.07, 6.45) is 10.2. The summed E-state index contributed by atoms with van der Waals surface area (Å²) >= 11 is 0. The minimum Gasteiger partial charge on any atom is -0.481 e. The van der Waals surface area contributed by atoms with Crippen LogP contribution < -0.4 is 0 Å². The van der Waals surface area contributed by atoms with Crippen molar-refractivity contribution in [1.29, 1.82) is 0 Å². The number of allylic oxidation sites excluding steroid dienone is 1. The zero-order valence-electron chi connectivity index (χ0n) is 15.7. The lowest BCUT2D eigenvalue weighted by Crippen LogP contribution is -2.25. The predicted molar refractivity (Wildman–Crippen MR) is 99.8 cm³/mol. The topological polar surface area (TPSA) is 107 Å². The van der Waals surface area contributed by atoms with Gasteiger partial charge in [0.1, 0.15) is 6.10 Å². The molecule has 0 aromatic carbocycles. The number of hydrogen-bond acceptors (Lipinski definition) is 5. The van der Waals surface area contributed by atoms with Crippen molar-refractivity contribution in [2.45, 2.75) is 95.2 Å². The van der Waals surface area contributed by atoms with E-state index in [0.29, 0.717) is 25.7 Å². The molecule has 6 heteroatoms. The van der Waals surface area contributed by atoms with E-state index in [2.05, 4.69) is 13.0 Å². The van der Waals surface area contributed by atoms with E-state index in [1.54, 1.807) is 6.08 Å². The van der Waals surface area contributed by atoms with E-state index in [-0.39, 0.29) is 6.42 Å². The van der Waals surface area contributed by atoms with Crippen molar-refractivity contribution < 1.29 is 30.0 Å². The summed E-state index contributed by atoms with van der Waals surface area (Å²) < 4.78 is 5.70. The van der Waals surface area contributed by atoms with E-state index >= 15 is 0 Å². The van der Waals surface area contributed by atoms with E-state index in [1.807, 2.05) is 6.08 Å². The normalized spacial score (nSPS) is 25.9. The SMILES string of the molecule is CCCCC/C=C\CC(O)C1CC(O)C(/C=C/C(O)CCCC(=O)O)O1. The van der Waals surface area contributed by atoms with Crippen molar-refractivity contribution in [3.63, 3.8) is 0 Å². The lowest BCUT2D eigenvalue weighted by Gasteiger charge is -2.16. The molecule has 5 unspecified atom stereocenters. The molecule has 1 rings (SSSR count). The first-order valence-electron chi connectivity index (χ1n) is 9.68. The number of hydrogen-bond donors (Lipinski definition) is 4. The summed E-state index contributed by atoms with van der Waals surface area (Å²) in [6.45, 7) is 2.16. The minimum atomic E-state index is -0.882. The standard InChI is InChI=1S/C20H34O6/c1-2-3-4-5-6-7-10-16(22)19-14-17(23)18(26-19)13-12-15(21)9-8-11-20(24)25/h6-7,12-13,15-19,21-23H,2-5,8-11,14H2,1H3,(H,24,25)/b7-6-,13-12+. The van der Waals surface area contributed by atoms with Crippen molar-refractivity contribution >= 4 is 5.97 Å². The molecule has 1 aliphatic rings. The zero-order chi connectivity index (χ0) is 19.4. The monoisotopic (exact) mass is 370 g/mol. The minimum absolute atomic E-state index is 0.0215. The van der Waals surface area contributed by atoms with Gasteiger partial charge in [-0.05, 0) is 32.1 Å². The fourth-order valence-corrected chi connectivity index (χ4v) is 2.96. The maximum Gasteiger partial charge on any atom is 0.303 e. The molecule has 0 aliphatic carbocycles. The van der Waals surface area contributed by atoms with Gasteiger partial charge in [0.2, 0.25) is 0 Å². The Balaban J connectivity index is 2.32. The summed E-state index contributed by atoms with van der Waals surface area (Å²) in [7, 11) is 0. The van der Waals surface area contributed by atoms with Gasteiger partial charge in [-0.3, -0.25) is 4.79 Å².